The maximum atomic E-state index is 9.96. The number of likely N-dealkylation sites (N-methyl/N-ethyl adjacent to an activating group) is 2. The van der Waals surface area contributed by atoms with E-state index >= 15 is 0 Å². The van der Waals surface area contributed by atoms with Crippen LogP contribution in [0.25, 0.3) is 0 Å². The zero-order chi connectivity index (χ0) is 15.4. The molecule has 0 spiro atoms. The van der Waals surface area contributed by atoms with Crippen molar-refractivity contribution in [2.24, 2.45) is 0 Å². The fourth-order valence-corrected chi connectivity index (χ4v) is 3.23. The van der Waals surface area contributed by atoms with Crippen molar-refractivity contribution in [1.29, 1.82) is 5.26 Å². The number of rotatable bonds is 5. The van der Waals surface area contributed by atoms with Crippen LogP contribution in [0, 0.1) is 11.3 Å². The predicted octanol–water partition coefficient (Wildman–Crippen LogP) is 2.53. The van der Waals surface area contributed by atoms with Gasteiger partial charge in [0.25, 0.3) is 0 Å². The topological polar surface area (TPSA) is 50.5 Å². The average Bonchev–Trinajstić information content (AvgIpc) is 2.93. The van der Waals surface area contributed by atoms with Crippen molar-refractivity contribution in [3.05, 3.63) is 29.3 Å². The monoisotopic (exact) mass is 287 g/mol. The van der Waals surface area contributed by atoms with Crippen LogP contribution in [0.1, 0.15) is 43.9 Å². The van der Waals surface area contributed by atoms with Crippen LogP contribution in [-0.2, 0) is 0 Å². The summed E-state index contributed by atoms with van der Waals surface area (Å²) in [6.07, 6.45) is 1.95. The van der Waals surface area contributed by atoms with Crippen LogP contribution < -0.4 is 4.90 Å². The first-order valence-corrected chi connectivity index (χ1v) is 7.74. The summed E-state index contributed by atoms with van der Waals surface area (Å²) >= 11 is 0. The van der Waals surface area contributed by atoms with Crippen molar-refractivity contribution < 1.29 is 5.11 Å². The molecule has 1 aromatic rings. The van der Waals surface area contributed by atoms with Crippen molar-refractivity contribution in [1.82, 2.24) is 4.90 Å². The van der Waals surface area contributed by atoms with E-state index in [9.17, 15) is 5.11 Å². The first-order chi connectivity index (χ1) is 10.1. The molecule has 2 atom stereocenters. The molecule has 0 amide bonds. The van der Waals surface area contributed by atoms with E-state index in [4.69, 9.17) is 5.26 Å². The van der Waals surface area contributed by atoms with Gasteiger partial charge < -0.3 is 10.0 Å². The van der Waals surface area contributed by atoms with Crippen LogP contribution in [0.15, 0.2) is 18.2 Å². The summed E-state index contributed by atoms with van der Waals surface area (Å²) in [7, 11) is 2.05. The Morgan fingerprint density at radius 2 is 2.29 bits per heavy atom. The molecule has 2 rings (SSSR count). The first kappa shape index (κ1) is 15.8. The SMILES string of the molecule is CCN1CCCC1CN(C)c1cc(C#N)ccc1[C@@H](C)O. The second-order valence-electron chi connectivity index (χ2n) is 5.87. The number of hydrogen-bond donors (Lipinski definition) is 1. The fraction of sp³-hybridized carbons (Fsp3) is 0.588. The van der Waals surface area contributed by atoms with Gasteiger partial charge in [-0.15, -0.1) is 0 Å². The molecule has 1 aliphatic heterocycles. The highest BCUT2D eigenvalue weighted by Crippen LogP contribution is 2.28. The number of hydrogen-bond acceptors (Lipinski definition) is 4. The molecule has 4 nitrogen and oxygen atoms in total. The molecule has 1 N–H and O–H groups in total. The number of nitrogens with zero attached hydrogens (tertiary/aromatic N) is 3. The minimum Gasteiger partial charge on any atom is -0.389 e. The van der Waals surface area contributed by atoms with Gasteiger partial charge >= 0.3 is 0 Å². The summed E-state index contributed by atoms with van der Waals surface area (Å²) in [6.45, 7) is 7.17. The summed E-state index contributed by atoms with van der Waals surface area (Å²) < 4.78 is 0. The Morgan fingerprint density at radius 3 is 2.90 bits per heavy atom. The molecule has 0 saturated carbocycles. The van der Waals surface area contributed by atoms with Gasteiger partial charge in [-0.25, -0.2) is 0 Å². The third kappa shape index (κ3) is 3.55. The van der Waals surface area contributed by atoms with Gasteiger partial charge in [0.1, 0.15) is 0 Å². The van der Waals surface area contributed by atoms with E-state index in [-0.39, 0.29) is 0 Å². The van der Waals surface area contributed by atoms with Crippen LogP contribution in [0.4, 0.5) is 5.69 Å². The second kappa shape index (κ2) is 6.93. The summed E-state index contributed by atoms with van der Waals surface area (Å²) in [6, 6.07) is 8.26. The van der Waals surface area contributed by atoms with E-state index in [0.29, 0.717) is 11.6 Å². The van der Waals surface area contributed by atoms with Crippen molar-refractivity contribution in [3.8, 4) is 6.07 Å². The maximum Gasteiger partial charge on any atom is 0.0992 e. The Balaban J connectivity index is 2.21. The maximum absolute atomic E-state index is 9.96. The highest BCUT2D eigenvalue weighted by molar-refractivity contribution is 5.58. The van der Waals surface area contributed by atoms with Crippen molar-refractivity contribution in [2.75, 3.05) is 31.6 Å². The molecular weight excluding hydrogens is 262 g/mol. The number of likely N-dealkylation sites (tertiary alicyclic amines) is 1. The zero-order valence-electron chi connectivity index (χ0n) is 13.2. The third-order valence-corrected chi connectivity index (χ3v) is 4.41. The molecule has 4 heteroatoms. The lowest BCUT2D eigenvalue weighted by atomic mass is 10.0. The largest absolute Gasteiger partial charge is 0.389 e. The normalized spacial score (nSPS) is 20.2. The van der Waals surface area contributed by atoms with Gasteiger partial charge in [0, 0.05) is 30.9 Å². The number of anilines is 1. The van der Waals surface area contributed by atoms with E-state index in [0.717, 1.165) is 24.3 Å². The van der Waals surface area contributed by atoms with Crippen LogP contribution in [0.3, 0.4) is 0 Å². The fourth-order valence-electron chi connectivity index (χ4n) is 3.23. The average molecular weight is 287 g/mol. The number of nitriles is 1. The van der Waals surface area contributed by atoms with Gasteiger partial charge in [-0.1, -0.05) is 13.0 Å². The van der Waals surface area contributed by atoms with Crippen molar-refractivity contribution in [2.45, 2.75) is 38.8 Å². The van der Waals surface area contributed by atoms with Gasteiger partial charge in [-0.2, -0.15) is 5.26 Å². The summed E-state index contributed by atoms with van der Waals surface area (Å²) in [4.78, 5) is 4.69. The number of benzene rings is 1. The Morgan fingerprint density at radius 1 is 1.52 bits per heavy atom. The Kier molecular flexibility index (Phi) is 5.22. The summed E-state index contributed by atoms with van der Waals surface area (Å²) in [5.41, 5.74) is 2.49. The Labute approximate surface area is 127 Å². The summed E-state index contributed by atoms with van der Waals surface area (Å²) in [5, 5.41) is 19.1. The standard InChI is InChI=1S/C17H25N3O/c1-4-20-9-5-6-15(20)12-19(3)17-10-14(11-18)7-8-16(17)13(2)21/h7-8,10,13,15,21H,4-6,9,12H2,1-3H3/t13-,15?/m1/s1. The van der Waals surface area contributed by atoms with Gasteiger partial charge in [0.15, 0.2) is 0 Å². The summed E-state index contributed by atoms with van der Waals surface area (Å²) in [5.74, 6) is 0. The van der Waals surface area contributed by atoms with Gasteiger partial charge in [-0.3, -0.25) is 4.90 Å². The molecule has 0 bridgehead atoms. The van der Waals surface area contributed by atoms with Crippen molar-refractivity contribution in [3.63, 3.8) is 0 Å². The predicted molar refractivity (Wildman–Crippen MR) is 85.3 cm³/mol. The zero-order valence-corrected chi connectivity index (χ0v) is 13.2. The highest BCUT2D eigenvalue weighted by Gasteiger charge is 2.25. The lowest BCUT2D eigenvalue weighted by molar-refractivity contribution is 0.199. The van der Waals surface area contributed by atoms with Gasteiger partial charge in [-0.05, 0) is 45.0 Å². The van der Waals surface area contributed by atoms with Gasteiger partial charge in [0.2, 0.25) is 0 Å². The smallest absolute Gasteiger partial charge is 0.0992 e. The van der Waals surface area contributed by atoms with E-state index in [1.54, 1.807) is 13.0 Å². The molecule has 0 aliphatic carbocycles. The molecule has 1 heterocycles. The van der Waals surface area contributed by atoms with Crippen molar-refractivity contribution >= 4 is 5.69 Å². The van der Waals surface area contributed by atoms with Crippen LogP contribution in [-0.4, -0.2) is 42.7 Å². The van der Waals surface area contributed by atoms with E-state index < -0.39 is 6.10 Å². The molecular formula is C17H25N3O. The minimum absolute atomic E-state index is 0.527. The molecule has 1 saturated heterocycles. The molecule has 1 unspecified atom stereocenters. The van der Waals surface area contributed by atoms with Crippen LogP contribution in [0.5, 0.6) is 0 Å². The number of aliphatic hydroxyl groups is 1. The molecule has 1 aromatic carbocycles. The van der Waals surface area contributed by atoms with Crippen LogP contribution in [0.2, 0.25) is 0 Å². The number of aliphatic hydroxyl groups excluding tert-OH is 1. The lowest BCUT2D eigenvalue weighted by Crippen LogP contribution is -2.39. The first-order valence-electron chi connectivity index (χ1n) is 7.74. The second-order valence-corrected chi connectivity index (χ2v) is 5.87. The van der Waals surface area contributed by atoms with Gasteiger partial charge in [0.05, 0.1) is 17.7 Å². The Hall–Kier alpha value is -1.57. The highest BCUT2D eigenvalue weighted by atomic mass is 16.3. The Bertz CT molecular complexity index is 521. The van der Waals surface area contributed by atoms with E-state index in [2.05, 4.69) is 29.8 Å². The van der Waals surface area contributed by atoms with E-state index in [1.807, 2.05) is 12.1 Å². The molecule has 0 aromatic heterocycles. The molecule has 114 valence electrons. The molecule has 1 aliphatic rings. The van der Waals surface area contributed by atoms with Crippen LogP contribution >= 0.6 is 0 Å². The van der Waals surface area contributed by atoms with E-state index in [1.165, 1.54) is 19.4 Å². The molecule has 21 heavy (non-hydrogen) atoms. The quantitative estimate of drug-likeness (QED) is 0.904. The molecule has 1 fully saturated rings. The lowest BCUT2D eigenvalue weighted by Gasteiger charge is -2.30. The molecule has 0 radical (unpaired) electrons. The third-order valence-electron chi connectivity index (χ3n) is 4.41. The minimum atomic E-state index is -0.527.